The van der Waals surface area contributed by atoms with Gasteiger partial charge in [0.05, 0.1) is 17.4 Å². The quantitative estimate of drug-likeness (QED) is 0.727. The number of anilines is 1. The van der Waals surface area contributed by atoms with Crippen LogP contribution in [0, 0.1) is 0 Å². The average molecular weight is 472 g/mol. The SMILES string of the molecule is CCN1C(=O)CN(C[C@H](O)CN2CCc3ccccc3C2)C(=O)c2ccc(Br)cc21. The normalized spacial score (nSPS) is 18.1. The van der Waals surface area contributed by atoms with Crippen molar-refractivity contribution in [2.45, 2.75) is 26.0 Å². The minimum atomic E-state index is -0.723. The number of nitrogens with zero attached hydrogens (tertiary/aromatic N) is 3. The van der Waals surface area contributed by atoms with E-state index in [-0.39, 0.29) is 24.9 Å². The number of halogens is 1. The molecule has 0 spiro atoms. The van der Waals surface area contributed by atoms with E-state index in [1.807, 2.05) is 13.0 Å². The highest BCUT2D eigenvalue weighted by Crippen LogP contribution is 2.29. The number of carbonyl (C=O) groups is 2. The molecular weight excluding hydrogens is 446 g/mol. The Balaban J connectivity index is 1.47. The summed E-state index contributed by atoms with van der Waals surface area (Å²) in [6, 6.07) is 13.7. The number of likely N-dealkylation sites (N-methyl/N-ethyl adjacent to an activating group) is 1. The maximum Gasteiger partial charge on any atom is 0.256 e. The Morgan fingerprint density at radius 1 is 1.07 bits per heavy atom. The molecule has 2 heterocycles. The third kappa shape index (κ3) is 4.29. The van der Waals surface area contributed by atoms with Gasteiger partial charge in [-0.3, -0.25) is 14.5 Å². The van der Waals surface area contributed by atoms with Crippen LogP contribution < -0.4 is 4.90 Å². The summed E-state index contributed by atoms with van der Waals surface area (Å²) in [4.78, 5) is 31.3. The summed E-state index contributed by atoms with van der Waals surface area (Å²) in [6.07, 6.45) is 0.233. The minimum absolute atomic E-state index is 0.0289. The maximum atomic E-state index is 13.2. The van der Waals surface area contributed by atoms with E-state index >= 15 is 0 Å². The molecule has 1 atom stereocenters. The van der Waals surface area contributed by atoms with E-state index in [4.69, 9.17) is 0 Å². The van der Waals surface area contributed by atoms with Gasteiger partial charge in [-0.15, -0.1) is 0 Å². The first-order valence-electron chi connectivity index (χ1n) is 10.3. The van der Waals surface area contributed by atoms with Crippen LogP contribution >= 0.6 is 15.9 Å². The summed E-state index contributed by atoms with van der Waals surface area (Å²) in [6.45, 7) is 4.62. The smallest absolute Gasteiger partial charge is 0.256 e. The zero-order valence-electron chi connectivity index (χ0n) is 17.1. The number of β-amino-alcohol motifs (C(OH)–C–C–N with tert-alkyl or cyclic N) is 1. The highest BCUT2D eigenvalue weighted by atomic mass is 79.9. The number of benzene rings is 2. The Labute approximate surface area is 185 Å². The second-order valence-electron chi connectivity index (χ2n) is 7.89. The van der Waals surface area contributed by atoms with Gasteiger partial charge in [-0.25, -0.2) is 0 Å². The largest absolute Gasteiger partial charge is 0.390 e. The first-order chi connectivity index (χ1) is 14.5. The van der Waals surface area contributed by atoms with Crippen LogP contribution in [0.2, 0.25) is 0 Å². The van der Waals surface area contributed by atoms with Crippen molar-refractivity contribution in [3.63, 3.8) is 0 Å². The number of hydrogen-bond donors (Lipinski definition) is 1. The van der Waals surface area contributed by atoms with Gasteiger partial charge < -0.3 is 14.9 Å². The van der Waals surface area contributed by atoms with Gasteiger partial charge in [0.25, 0.3) is 5.91 Å². The monoisotopic (exact) mass is 471 g/mol. The van der Waals surface area contributed by atoms with Gasteiger partial charge in [0.15, 0.2) is 0 Å². The maximum absolute atomic E-state index is 13.2. The van der Waals surface area contributed by atoms with Gasteiger partial charge in [0.2, 0.25) is 5.91 Å². The van der Waals surface area contributed by atoms with Crippen LogP contribution in [0.4, 0.5) is 5.69 Å². The van der Waals surface area contributed by atoms with Gasteiger partial charge in [0.1, 0.15) is 6.54 Å². The van der Waals surface area contributed by atoms with Crippen molar-refractivity contribution < 1.29 is 14.7 Å². The first kappa shape index (κ1) is 21.0. The lowest BCUT2D eigenvalue weighted by atomic mass is 10.00. The highest BCUT2D eigenvalue weighted by molar-refractivity contribution is 9.10. The Morgan fingerprint density at radius 3 is 2.60 bits per heavy atom. The summed E-state index contributed by atoms with van der Waals surface area (Å²) >= 11 is 3.43. The number of hydrogen-bond acceptors (Lipinski definition) is 4. The van der Waals surface area contributed by atoms with E-state index in [1.165, 1.54) is 16.0 Å². The van der Waals surface area contributed by atoms with Gasteiger partial charge in [-0.1, -0.05) is 40.2 Å². The molecule has 0 aliphatic carbocycles. The van der Waals surface area contributed by atoms with E-state index in [0.717, 1.165) is 24.0 Å². The van der Waals surface area contributed by atoms with Crippen LogP contribution in [0.5, 0.6) is 0 Å². The van der Waals surface area contributed by atoms with Crippen LogP contribution in [0.25, 0.3) is 0 Å². The Morgan fingerprint density at radius 2 is 1.83 bits per heavy atom. The second kappa shape index (κ2) is 8.88. The van der Waals surface area contributed by atoms with Crippen LogP contribution in [-0.2, 0) is 17.8 Å². The fourth-order valence-electron chi connectivity index (χ4n) is 4.35. The lowest BCUT2D eigenvalue weighted by molar-refractivity contribution is -0.119. The average Bonchev–Trinajstić information content (AvgIpc) is 2.82. The molecule has 0 fully saturated rings. The predicted octanol–water partition coefficient (Wildman–Crippen LogP) is 2.68. The summed E-state index contributed by atoms with van der Waals surface area (Å²) in [7, 11) is 0. The molecule has 0 aromatic heterocycles. The molecule has 30 heavy (non-hydrogen) atoms. The van der Waals surface area contributed by atoms with E-state index in [2.05, 4.69) is 39.0 Å². The van der Waals surface area contributed by atoms with Crippen LogP contribution in [0.3, 0.4) is 0 Å². The number of rotatable bonds is 5. The van der Waals surface area contributed by atoms with Crippen molar-refractivity contribution in [2.24, 2.45) is 0 Å². The summed E-state index contributed by atoms with van der Waals surface area (Å²) < 4.78 is 0.819. The molecule has 7 heteroatoms. The zero-order chi connectivity index (χ0) is 21.3. The van der Waals surface area contributed by atoms with Crippen molar-refractivity contribution in [3.8, 4) is 0 Å². The molecule has 0 saturated carbocycles. The predicted molar refractivity (Wildman–Crippen MR) is 120 cm³/mol. The first-order valence-corrected chi connectivity index (χ1v) is 11.1. The van der Waals surface area contributed by atoms with Crippen molar-refractivity contribution in [2.75, 3.05) is 37.6 Å². The second-order valence-corrected chi connectivity index (χ2v) is 8.81. The standard InChI is InChI=1S/C23H26BrN3O3/c1-2-27-21-11-18(24)7-8-20(21)23(30)26(15-22(27)29)14-19(28)13-25-10-9-16-5-3-4-6-17(16)12-25/h3-8,11,19,28H,2,9-10,12-15H2,1H3/t19-/m1/s1. The number of carbonyl (C=O) groups excluding carboxylic acids is 2. The van der Waals surface area contributed by atoms with Crippen molar-refractivity contribution in [3.05, 3.63) is 63.6 Å². The highest BCUT2D eigenvalue weighted by Gasteiger charge is 2.32. The lowest BCUT2D eigenvalue weighted by Crippen LogP contribution is -2.46. The van der Waals surface area contributed by atoms with E-state index in [9.17, 15) is 14.7 Å². The van der Waals surface area contributed by atoms with Gasteiger partial charge in [0, 0.05) is 37.2 Å². The fourth-order valence-corrected chi connectivity index (χ4v) is 4.70. The molecule has 2 aromatic carbocycles. The van der Waals surface area contributed by atoms with Crippen LogP contribution in [0.1, 0.15) is 28.4 Å². The number of aliphatic hydroxyl groups excluding tert-OH is 1. The van der Waals surface area contributed by atoms with Gasteiger partial charge >= 0.3 is 0 Å². The molecule has 6 nitrogen and oxygen atoms in total. The molecule has 158 valence electrons. The topological polar surface area (TPSA) is 64.1 Å². The van der Waals surface area contributed by atoms with Crippen LogP contribution in [0.15, 0.2) is 46.9 Å². The van der Waals surface area contributed by atoms with Crippen molar-refractivity contribution in [1.82, 2.24) is 9.80 Å². The van der Waals surface area contributed by atoms with Gasteiger partial charge in [-0.05, 0) is 42.7 Å². The summed E-state index contributed by atoms with van der Waals surface area (Å²) in [5.74, 6) is -0.355. The third-order valence-corrected chi connectivity index (χ3v) is 6.31. The van der Waals surface area contributed by atoms with Crippen molar-refractivity contribution in [1.29, 1.82) is 0 Å². The van der Waals surface area contributed by atoms with Crippen molar-refractivity contribution >= 4 is 33.4 Å². The Bertz CT molecular complexity index is 964. The van der Waals surface area contributed by atoms with E-state index in [1.54, 1.807) is 23.1 Å². The van der Waals surface area contributed by atoms with E-state index < -0.39 is 6.10 Å². The summed E-state index contributed by atoms with van der Waals surface area (Å²) in [5.41, 5.74) is 3.76. The Kier molecular flexibility index (Phi) is 6.22. The molecular formula is C23H26BrN3O3. The van der Waals surface area contributed by atoms with E-state index in [0.29, 0.717) is 24.3 Å². The molecule has 2 aliphatic heterocycles. The molecule has 0 radical (unpaired) electrons. The lowest BCUT2D eigenvalue weighted by Gasteiger charge is -2.32. The number of aliphatic hydroxyl groups is 1. The zero-order valence-corrected chi connectivity index (χ0v) is 18.6. The fraction of sp³-hybridized carbons (Fsp3) is 0.391. The minimum Gasteiger partial charge on any atom is -0.390 e. The molecule has 1 N–H and O–H groups in total. The molecule has 0 unspecified atom stereocenters. The molecule has 2 aliphatic rings. The van der Waals surface area contributed by atoms with Crippen LogP contribution in [-0.4, -0.2) is 65.5 Å². The summed E-state index contributed by atoms with van der Waals surface area (Å²) in [5, 5.41) is 10.7. The van der Waals surface area contributed by atoms with Gasteiger partial charge in [-0.2, -0.15) is 0 Å². The number of amides is 2. The molecule has 2 amide bonds. The molecule has 0 saturated heterocycles. The molecule has 0 bridgehead atoms. The molecule has 2 aromatic rings. The Hall–Kier alpha value is -2.22. The third-order valence-electron chi connectivity index (χ3n) is 5.82. The number of fused-ring (bicyclic) bond motifs is 2. The molecule has 4 rings (SSSR count).